The summed E-state index contributed by atoms with van der Waals surface area (Å²) in [5.41, 5.74) is 1.89. The number of piperazine rings is 1. The SMILES string of the molecule is CC(C)Nc1nc(C(=O)N2CCN(CC(=O)N3CCC(Cc4ccccc4)CC3)CC2)cs1. The average molecular weight is 470 g/mol. The molecule has 1 aromatic heterocycles. The van der Waals surface area contributed by atoms with Crippen LogP contribution in [0.15, 0.2) is 35.7 Å². The third-order valence-corrected chi connectivity index (χ3v) is 7.26. The summed E-state index contributed by atoms with van der Waals surface area (Å²) in [5.74, 6) is 0.860. The second kappa shape index (κ2) is 11.1. The van der Waals surface area contributed by atoms with Gasteiger partial charge in [-0.3, -0.25) is 14.5 Å². The van der Waals surface area contributed by atoms with Gasteiger partial charge < -0.3 is 15.1 Å². The Morgan fingerprint density at radius 3 is 2.39 bits per heavy atom. The van der Waals surface area contributed by atoms with Gasteiger partial charge in [0.15, 0.2) is 5.13 Å². The number of hydrogen-bond donors (Lipinski definition) is 1. The van der Waals surface area contributed by atoms with Crippen molar-refractivity contribution in [2.24, 2.45) is 5.92 Å². The van der Waals surface area contributed by atoms with Crippen LogP contribution < -0.4 is 5.32 Å². The zero-order valence-electron chi connectivity index (χ0n) is 19.7. The van der Waals surface area contributed by atoms with Crippen molar-refractivity contribution in [3.63, 3.8) is 0 Å². The molecule has 3 heterocycles. The zero-order chi connectivity index (χ0) is 23.2. The van der Waals surface area contributed by atoms with Crippen molar-refractivity contribution in [2.45, 2.75) is 39.2 Å². The van der Waals surface area contributed by atoms with Crippen molar-refractivity contribution in [1.29, 1.82) is 0 Å². The number of carbonyl (C=O) groups is 2. The van der Waals surface area contributed by atoms with Gasteiger partial charge in [0, 0.05) is 50.7 Å². The number of piperidine rings is 1. The second-order valence-corrected chi connectivity index (χ2v) is 10.3. The van der Waals surface area contributed by atoms with Crippen LogP contribution in [0.2, 0.25) is 0 Å². The molecule has 178 valence electrons. The maximum absolute atomic E-state index is 12.8. The molecule has 0 spiro atoms. The van der Waals surface area contributed by atoms with Gasteiger partial charge in [0.1, 0.15) is 5.69 Å². The monoisotopic (exact) mass is 469 g/mol. The third-order valence-electron chi connectivity index (χ3n) is 6.49. The average Bonchev–Trinajstić information content (AvgIpc) is 3.28. The minimum atomic E-state index is -0.0190. The molecule has 2 amide bonds. The quantitative estimate of drug-likeness (QED) is 0.675. The van der Waals surface area contributed by atoms with Gasteiger partial charge in [-0.05, 0) is 44.6 Å². The van der Waals surface area contributed by atoms with Crippen molar-refractivity contribution in [3.05, 3.63) is 47.0 Å². The molecule has 1 N–H and O–H groups in total. The molecule has 2 aliphatic rings. The van der Waals surface area contributed by atoms with E-state index in [1.807, 2.05) is 15.2 Å². The van der Waals surface area contributed by atoms with E-state index in [-0.39, 0.29) is 17.9 Å². The highest BCUT2D eigenvalue weighted by Crippen LogP contribution is 2.22. The fourth-order valence-corrected chi connectivity index (χ4v) is 5.41. The Hall–Kier alpha value is -2.45. The summed E-state index contributed by atoms with van der Waals surface area (Å²) in [5, 5.41) is 5.85. The van der Waals surface area contributed by atoms with Crippen molar-refractivity contribution < 1.29 is 9.59 Å². The third kappa shape index (κ3) is 6.54. The number of likely N-dealkylation sites (tertiary alicyclic amines) is 1. The first-order valence-electron chi connectivity index (χ1n) is 12.0. The number of nitrogens with one attached hydrogen (secondary N) is 1. The molecule has 0 radical (unpaired) electrons. The molecule has 0 aliphatic carbocycles. The molecule has 2 aliphatic heterocycles. The van der Waals surface area contributed by atoms with Crippen LogP contribution in [0.3, 0.4) is 0 Å². The van der Waals surface area contributed by atoms with Crippen LogP contribution in [-0.4, -0.2) is 83.4 Å². The molecule has 33 heavy (non-hydrogen) atoms. The van der Waals surface area contributed by atoms with E-state index in [2.05, 4.69) is 59.4 Å². The number of aromatic nitrogens is 1. The second-order valence-electron chi connectivity index (χ2n) is 9.42. The molecule has 0 unspecified atom stereocenters. The lowest BCUT2D eigenvalue weighted by molar-refractivity contribution is -0.134. The first-order valence-corrected chi connectivity index (χ1v) is 12.9. The number of rotatable bonds is 7. The molecule has 0 saturated carbocycles. The number of carbonyl (C=O) groups excluding carboxylic acids is 2. The highest BCUT2D eigenvalue weighted by atomic mass is 32.1. The topological polar surface area (TPSA) is 68.8 Å². The van der Waals surface area contributed by atoms with Crippen LogP contribution in [-0.2, 0) is 11.2 Å². The van der Waals surface area contributed by atoms with Crippen LogP contribution in [0.4, 0.5) is 5.13 Å². The van der Waals surface area contributed by atoms with E-state index in [4.69, 9.17) is 0 Å². The van der Waals surface area contributed by atoms with Gasteiger partial charge in [0.2, 0.25) is 5.91 Å². The van der Waals surface area contributed by atoms with Crippen LogP contribution in [0.1, 0.15) is 42.7 Å². The van der Waals surface area contributed by atoms with E-state index < -0.39 is 0 Å². The van der Waals surface area contributed by atoms with Crippen molar-refractivity contribution in [3.8, 4) is 0 Å². The minimum Gasteiger partial charge on any atom is -0.359 e. The predicted octanol–water partition coefficient (Wildman–Crippen LogP) is 3.20. The molecule has 0 bridgehead atoms. The van der Waals surface area contributed by atoms with Gasteiger partial charge in [0.25, 0.3) is 5.91 Å². The number of nitrogens with zero attached hydrogens (tertiary/aromatic N) is 4. The number of thiazole rings is 1. The van der Waals surface area contributed by atoms with Crippen LogP contribution in [0.5, 0.6) is 0 Å². The van der Waals surface area contributed by atoms with Gasteiger partial charge in [-0.2, -0.15) is 0 Å². The Kier molecular flexibility index (Phi) is 7.98. The van der Waals surface area contributed by atoms with Gasteiger partial charge in [-0.15, -0.1) is 11.3 Å². The Morgan fingerprint density at radius 2 is 1.73 bits per heavy atom. The van der Waals surface area contributed by atoms with Crippen LogP contribution in [0, 0.1) is 5.92 Å². The largest absolute Gasteiger partial charge is 0.359 e. The lowest BCUT2D eigenvalue weighted by Crippen LogP contribution is -2.52. The maximum atomic E-state index is 12.8. The van der Waals surface area contributed by atoms with Crippen molar-refractivity contribution in [2.75, 3.05) is 51.1 Å². The summed E-state index contributed by atoms with van der Waals surface area (Å²) in [4.78, 5) is 36.1. The van der Waals surface area contributed by atoms with E-state index in [9.17, 15) is 9.59 Å². The number of benzene rings is 1. The summed E-state index contributed by atoms with van der Waals surface area (Å²) in [7, 11) is 0. The normalized spacial score (nSPS) is 18.0. The first kappa shape index (κ1) is 23.7. The Labute approximate surface area is 200 Å². The molecule has 2 fully saturated rings. The summed E-state index contributed by atoms with van der Waals surface area (Å²) < 4.78 is 0. The Bertz CT molecular complexity index is 916. The van der Waals surface area contributed by atoms with Crippen molar-refractivity contribution in [1.82, 2.24) is 19.7 Å². The predicted molar refractivity (Wildman–Crippen MR) is 133 cm³/mol. The van der Waals surface area contributed by atoms with E-state index >= 15 is 0 Å². The van der Waals surface area contributed by atoms with E-state index in [0.717, 1.165) is 50.6 Å². The first-order chi connectivity index (χ1) is 16.0. The van der Waals surface area contributed by atoms with Gasteiger partial charge in [-0.1, -0.05) is 30.3 Å². The van der Waals surface area contributed by atoms with Crippen LogP contribution in [0.25, 0.3) is 0 Å². The fraction of sp³-hybridized carbons (Fsp3) is 0.560. The van der Waals surface area contributed by atoms with E-state index in [1.165, 1.54) is 16.9 Å². The molecule has 0 atom stereocenters. The number of anilines is 1. The molecular weight excluding hydrogens is 434 g/mol. The smallest absolute Gasteiger partial charge is 0.273 e. The standard InChI is InChI=1S/C25H35N5O2S/c1-19(2)26-25-27-22(18-33-25)24(32)30-14-12-28(13-15-30)17-23(31)29-10-8-21(9-11-29)16-20-6-4-3-5-7-20/h3-7,18-19,21H,8-17H2,1-2H3,(H,26,27). The van der Waals surface area contributed by atoms with Crippen molar-refractivity contribution >= 4 is 28.3 Å². The number of hydrogen-bond acceptors (Lipinski definition) is 6. The Balaban J connectivity index is 1.18. The summed E-state index contributed by atoms with van der Waals surface area (Å²) in [6, 6.07) is 10.9. The highest BCUT2D eigenvalue weighted by molar-refractivity contribution is 7.13. The summed E-state index contributed by atoms with van der Waals surface area (Å²) >= 11 is 1.46. The number of amides is 2. The zero-order valence-corrected chi connectivity index (χ0v) is 20.5. The van der Waals surface area contributed by atoms with Gasteiger partial charge in [-0.25, -0.2) is 4.98 Å². The molecule has 2 saturated heterocycles. The fourth-order valence-electron chi connectivity index (χ4n) is 4.58. The highest BCUT2D eigenvalue weighted by Gasteiger charge is 2.28. The molecule has 8 heteroatoms. The summed E-state index contributed by atoms with van der Waals surface area (Å²) in [6.45, 7) is 8.98. The molecule has 7 nitrogen and oxygen atoms in total. The molecular formula is C25H35N5O2S. The maximum Gasteiger partial charge on any atom is 0.273 e. The van der Waals surface area contributed by atoms with Crippen LogP contribution >= 0.6 is 11.3 Å². The lowest BCUT2D eigenvalue weighted by Gasteiger charge is -2.37. The van der Waals surface area contributed by atoms with Gasteiger partial charge in [0.05, 0.1) is 6.54 Å². The van der Waals surface area contributed by atoms with E-state index in [1.54, 1.807) is 0 Å². The summed E-state index contributed by atoms with van der Waals surface area (Å²) in [6.07, 6.45) is 3.25. The van der Waals surface area contributed by atoms with Gasteiger partial charge >= 0.3 is 0 Å². The Morgan fingerprint density at radius 1 is 1.03 bits per heavy atom. The molecule has 1 aromatic carbocycles. The minimum absolute atomic E-state index is 0.0190. The molecule has 4 rings (SSSR count). The lowest BCUT2D eigenvalue weighted by atomic mass is 9.90. The molecule has 2 aromatic rings. The van der Waals surface area contributed by atoms with E-state index in [0.29, 0.717) is 31.2 Å².